The second-order valence-corrected chi connectivity index (χ2v) is 7.32. The van der Waals surface area contributed by atoms with Crippen molar-refractivity contribution >= 4 is 29.3 Å². The number of rotatable bonds is 7. The van der Waals surface area contributed by atoms with Crippen LogP contribution < -0.4 is 10.1 Å². The summed E-state index contributed by atoms with van der Waals surface area (Å²) in [7, 11) is 1.63. The highest BCUT2D eigenvalue weighted by Gasteiger charge is 2.21. The fourth-order valence-corrected chi connectivity index (χ4v) is 3.67. The molecule has 2 aromatic carbocycles. The van der Waals surface area contributed by atoms with Gasteiger partial charge in [0.1, 0.15) is 5.75 Å². The zero-order valence-electron chi connectivity index (χ0n) is 15.8. The Balaban J connectivity index is 1.54. The lowest BCUT2D eigenvalue weighted by Gasteiger charge is -2.27. The van der Waals surface area contributed by atoms with Crippen LogP contribution in [0, 0.1) is 0 Å². The number of thioether (sulfide) groups is 1. The number of amides is 2. The van der Waals surface area contributed by atoms with Gasteiger partial charge in [-0.1, -0.05) is 24.3 Å². The third-order valence-electron chi connectivity index (χ3n) is 4.39. The molecule has 28 heavy (non-hydrogen) atoms. The van der Waals surface area contributed by atoms with E-state index in [4.69, 9.17) is 9.47 Å². The van der Waals surface area contributed by atoms with Crippen LogP contribution >= 0.6 is 11.8 Å². The molecule has 7 heteroatoms. The molecule has 0 bridgehead atoms. The molecular formula is C21H24N2O4S. The van der Waals surface area contributed by atoms with Crippen molar-refractivity contribution in [2.24, 2.45) is 0 Å². The topological polar surface area (TPSA) is 67.9 Å². The molecule has 6 nitrogen and oxygen atoms in total. The third kappa shape index (κ3) is 5.50. The maximum absolute atomic E-state index is 12.8. The predicted molar refractivity (Wildman–Crippen MR) is 111 cm³/mol. The van der Waals surface area contributed by atoms with Gasteiger partial charge < -0.3 is 19.7 Å². The van der Waals surface area contributed by atoms with E-state index >= 15 is 0 Å². The molecule has 0 spiro atoms. The largest absolute Gasteiger partial charge is 0.497 e. The lowest BCUT2D eigenvalue weighted by atomic mass is 10.1. The molecule has 2 aromatic rings. The van der Waals surface area contributed by atoms with Crippen LogP contribution in [0.15, 0.2) is 48.5 Å². The molecule has 1 saturated heterocycles. The highest BCUT2D eigenvalue weighted by atomic mass is 32.2. The van der Waals surface area contributed by atoms with E-state index in [1.165, 1.54) is 11.8 Å². The standard InChI is InChI=1S/C21H24N2O4S/c1-26-17-8-6-16(7-9-17)14-28-15-20(24)22-19-5-3-2-4-18(19)21(25)23-10-12-27-13-11-23/h2-9H,10-15H2,1H3,(H,22,24). The maximum Gasteiger partial charge on any atom is 0.256 e. The van der Waals surface area contributed by atoms with Gasteiger partial charge in [0.25, 0.3) is 5.91 Å². The normalized spacial score (nSPS) is 13.8. The van der Waals surface area contributed by atoms with Gasteiger partial charge in [-0.2, -0.15) is 0 Å². The first kappa shape index (κ1) is 20.2. The summed E-state index contributed by atoms with van der Waals surface area (Å²) in [4.78, 5) is 26.9. The van der Waals surface area contributed by atoms with Crippen molar-refractivity contribution in [1.29, 1.82) is 0 Å². The lowest BCUT2D eigenvalue weighted by Crippen LogP contribution is -2.41. The second-order valence-electron chi connectivity index (χ2n) is 6.34. The van der Waals surface area contributed by atoms with Crippen LogP contribution in [0.5, 0.6) is 5.75 Å². The predicted octanol–water partition coefficient (Wildman–Crippen LogP) is 3.04. The summed E-state index contributed by atoms with van der Waals surface area (Å²) < 4.78 is 10.4. The zero-order valence-corrected chi connectivity index (χ0v) is 16.7. The highest BCUT2D eigenvalue weighted by molar-refractivity contribution is 7.99. The Morgan fingerprint density at radius 3 is 2.54 bits per heavy atom. The molecule has 1 N–H and O–H groups in total. The van der Waals surface area contributed by atoms with Gasteiger partial charge in [0.05, 0.1) is 37.3 Å². The van der Waals surface area contributed by atoms with Gasteiger partial charge in [0.2, 0.25) is 5.91 Å². The Morgan fingerprint density at radius 1 is 1.11 bits per heavy atom. The molecule has 1 heterocycles. The number of ether oxygens (including phenoxy) is 2. The van der Waals surface area contributed by atoms with Crippen LogP contribution in [0.25, 0.3) is 0 Å². The molecule has 1 aliphatic rings. The summed E-state index contributed by atoms with van der Waals surface area (Å²) in [6.45, 7) is 2.22. The first-order valence-corrected chi connectivity index (χ1v) is 10.3. The number of carbonyl (C=O) groups is 2. The summed E-state index contributed by atoms with van der Waals surface area (Å²) in [6.07, 6.45) is 0. The minimum atomic E-state index is -0.124. The first-order valence-electron chi connectivity index (χ1n) is 9.14. The molecular weight excluding hydrogens is 376 g/mol. The van der Waals surface area contributed by atoms with Crippen LogP contribution in [0.1, 0.15) is 15.9 Å². The average molecular weight is 401 g/mol. The minimum Gasteiger partial charge on any atom is -0.497 e. The molecule has 1 aliphatic heterocycles. The van der Waals surface area contributed by atoms with Gasteiger partial charge in [-0.3, -0.25) is 9.59 Å². The van der Waals surface area contributed by atoms with Gasteiger partial charge in [0.15, 0.2) is 0 Å². The van der Waals surface area contributed by atoms with E-state index < -0.39 is 0 Å². The highest BCUT2D eigenvalue weighted by Crippen LogP contribution is 2.20. The minimum absolute atomic E-state index is 0.0786. The number of para-hydroxylation sites is 1. The zero-order chi connectivity index (χ0) is 19.8. The van der Waals surface area contributed by atoms with E-state index in [0.717, 1.165) is 17.1 Å². The Hall–Kier alpha value is -2.51. The number of carbonyl (C=O) groups excluding carboxylic acids is 2. The lowest BCUT2D eigenvalue weighted by molar-refractivity contribution is -0.113. The summed E-state index contributed by atoms with van der Waals surface area (Å²) >= 11 is 1.52. The van der Waals surface area contributed by atoms with Gasteiger partial charge in [-0.15, -0.1) is 11.8 Å². The number of anilines is 1. The number of nitrogens with one attached hydrogen (secondary N) is 1. The van der Waals surface area contributed by atoms with Crippen molar-refractivity contribution in [3.8, 4) is 5.75 Å². The van der Waals surface area contributed by atoms with Crippen LogP contribution in [0.2, 0.25) is 0 Å². The third-order valence-corrected chi connectivity index (χ3v) is 5.39. The Morgan fingerprint density at radius 2 is 1.82 bits per heavy atom. The van der Waals surface area contributed by atoms with Crippen molar-refractivity contribution in [3.05, 3.63) is 59.7 Å². The molecule has 0 atom stereocenters. The molecule has 0 unspecified atom stereocenters. The molecule has 148 valence electrons. The van der Waals surface area contributed by atoms with Gasteiger partial charge >= 0.3 is 0 Å². The Kier molecular flexibility index (Phi) is 7.33. The van der Waals surface area contributed by atoms with Gasteiger partial charge in [0, 0.05) is 18.8 Å². The summed E-state index contributed by atoms with van der Waals surface area (Å²) in [5, 5.41) is 2.88. The van der Waals surface area contributed by atoms with Crippen molar-refractivity contribution in [2.45, 2.75) is 5.75 Å². The van der Waals surface area contributed by atoms with E-state index in [1.807, 2.05) is 36.4 Å². The smallest absolute Gasteiger partial charge is 0.256 e. The van der Waals surface area contributed by atoms with E-state index in [9.17, 15) is 9.59 Å². The molecule has 0 saturated carbocycles. The van der Waals surface area contributed by atoms with Gasteiger partial charge in [-0.25, -0.2) is 0 Å². The number of morpholine rings is 1. The van der Waals surface area contributed by atoms with Crippen molar-refractivity contribution in [2.75, 3.05) is 44.5 Å². The fourth-order valence-electron chi connectivity index (χ4n) is 2.89. The van der Waals surface area contributed by atoms with Crippen molar-refractivity contribution < 1.29 is 19.1 Å². The Labute approximate surface area is 169 Å². The van der Waals surface area contributed by atoms with E-state index in [1.54, 1.807) is 24.1 Å². The quantitative estimate of drug-likeness (QED) is 0.774. The second kappa shape index (κ2) is 10.1. The van der Waals surface area contributed by atoms with Crippen molar-refractivity contribution in [3.63, 3.8) is 0 Å². The SMILES string of the molecule is COc1ccc(CSCC(=O)Nc2ccccc2C(=O)N2CCOCC2)cc1. The average Bonchev–Trinajstić information content (AvgIpc) is 2.75. The van der Waals surface area contributed by atoms with Crippen LogP contribution in [0.3, 0.4) is 0 Å². The van der Waals surface area contributed by atoms with Gasteiger partial charge in [-0.05, 0) is 29.8 Å². The number of hydrogen-bond acceptors (Lipinski definition) is 5. The number of benzene rings is 2. The summed E-state index contributed by atoms with van der Waals surface area (Å²) in [5.41, 5.74) is 2.19. The first-order chi connectivity index (χ1) is 13.7. The molecule has 2 amide bonds. The van der Waals surface area contributed by atoms with Crippen LogP contribution in [-0.4, -0.2) is 55.9 Å². The number of methoxy groups -OCH3 is 1. The molecule has 0 radical (unpaired) electrons. The molecule has 3 rings (SSSR count). The summed E-state index contributed by atoms with van der Waals surface area (Å²) in [6, 6.07) is 14.9. The van der Waals surface area contributed by atoms with E-state index in [0.29, 0.717) is 43.3 Å². The fraction of sp³-hybridized carbons (Fsp3) is 0.333. The van der Waals surface area contributed by atoms with Crippen LogP contribution in [-0.2, 0) is 15.3 Å². The van der Waals surface area contributed by atoms with E-state index in [2.05, 4.69) is 5.32 Å². The molecule has 0 aromatic heterocycles. The van der Waals surface area contributed by atoms with E-state index in [-0.39, 0.29) is 11.8 Å². The van der Waals surface area contributed by atoms with Crippen molar-refractivity contribution in [1.82, 2.24) is 4.90 Å². The van der Waals surface area contributed by atoms with Crippen LogP contribution in [0.4, 0.5) is 5.69 Å². The molecule has 0 aliphatic carbocycles. The maximum atomic E-state index is 12.8. The summed E-state index contributed by atoms with van der Waals surface area (Å²) in [5.74, 6) is 1.65. The molecule has 1 fully saturated rings. The number of nitrogens with zero attached hydrogens (tertiary/aromatic N) is 1. The monoisotopic (exact) mass is 400 g/mol. The Bertz CT molecular complexity index is 804. The number of hydrogen-bond donors (Lipinski definition) is 1.